The van der Waals surface area contributed by atoms with E-state index in [2.05, 4.69) is 5.10 Å². The van der Waals surface area contributed by atoms with Gasteiger partial charge in [-0.3, -0.25) is 9.48 Å². The number of nitrogens with zero attached hydrogens (tertiary/aromatic N) is 2. The fraction of sp³-hybridized carbons (Fsp3) is 0.111. The average molecular weight is 194 g/mol. The van der Waals surface area contributed by atoms with Gasteiger partial charge in [0.2, 0.25) is 0 Å². The van der Waals surface area contributed by atoms with Crippen molar-refractivity contribution >= 4 is 16.9 Å². The predicted molar refractivity (Wildman–Crippen MR) is 47.3 cm³/mol. The number of halogens is 1. The van der Waals surface area contributed by atoms with Crippen molar-refractivity contribution in [2.45, 2.75) is 6.54 Å². The van der Waals surface area contributed by atoms with Gasteiger partial charge in [-0.1, -0.05) is 12.1 Å². The number of benzene rings is 1. The van der Waals surface area contributed by atoms with E-state index in [9.17, 15) is 9.18 Å². The fourth-order valence-electron chi connectivity index (χ4n) is 1.35. The Morgan fingerprint density at radius 1 is 1.57 bits per heavy atom. The molecule has 1 aromatic carbocycles. The van der Waals surface area contributed by atoms with Gasteiger partial charge in [-0.25, -0.2) is 4.39 Å². The van der Waals surface area contributed by atoms with Crippen molar-refractivity contribution in [3.8, 4) is 0 Å². The first-order valence-electron chi connectivity index (χ1n) is 4.00. The smallest absolute Gasteiger partial charge is 0.325 e. The Hall–Kier alpha value is -1.91. The summed E-state index contributed by atoms with van der Waals surface area (Å²) in [5.74, 6) is -1.50. The number of hydrogen-bond acceptors (Lipinski definition) is 2. The molecule has 2 rings (SSSR count). The zero-order valence-electron chi connectivity index (χ0n) is 7.14. The minimum Gasteiger partial charge on any atom is -0.480 e. The van der Waals surface area contributed by atoms with Gasteiger partial charge in [0.1, 0.15) is 17.9 Å². The molecular formula is C9H7FN2O2. The normalized spacial score (nSPS) is 10.6. The number of rotatable bonds is 2. The Morgan fingerprint density at radius 3 is 3.07 bits per heavy atom. The van der Waals surface area contributed by atoms with E-state index < -0.39 is 11.8 Å². The van der Waals surface area contributed by atoms with Crippen LogP contribution in [0.1, 0.15) is 0 Å². The molecule has 0 atom stereocenters. The Morgan fingerprint density at radius 2 is 2.36 bits per heavy atom. The zero-order valence-corrected chi connectivity index (χ0v) is 7.14. The summed E-state index contributed by atoms with van der Waals surface area (Å²) >= 11 is 0. The Kier molecular flexibility index (Phi) is 1.92. The highest BCUT2D eigenvalue weighted by molar-refractivity contribution is 5.80. The van der Waals surface area contributed by atoms with Crippen LogP contribution < -0.4 is 0 Å². The molecule has 0 aliphatic rings. The molecule has 0 radical (unpaired) electrons. The molecule has 0 amide bonds. The van der Waals surface area contributed by atoms with Crippen molar-refractivity contribution in [2.24, 2.45) is 0 Å². The Balaban J connectivity index is 2.61. The maximum Gasteiger partial charge on any atom is 0.325 e. The molecule has 72 valence electrons. The topological polar surface area (TPSA) is 55.1 Å². The lowest BCUT2D eigenvalue weighted by atomic mass is 10.2. The number of carbonyl (C=O) groups is 1. The molecule has 0 aliphatic carbocycles. The molecule has 1 heterocycles. The molecule has 4 nitrogen and oxygen atoms in total. The van der Waals surface area contributed by atoms with Gasteiger partial charge in [-0.05, 0) is 6.07 Å². The second kappa shape index (κ2) is 3.10. The number of carboxylic acids is 1. The van der Waals surface area contributed by atoms with Crippen molar-refractivity contribution in [3.63, 3.8) is 0 Å². The number of carboxylic acid groups (broad SMARTS) is 1. The summed E-state index contributed by atoms with van der Waals surface area (Å²) in [6, 6.07) is 4.52. The maximum atomic E-state index is 13.3. The first-order chi connectivity index (χ1) is 6.68. The van der Waals surface area contributed by atoms with E-state index in [-0.39, 0.29) is 12.1 Å². The summed E-state index contributed by atoms with van der Waals surface area (Å²) in [6.07, 6.45) is 1.45. The van der Waals surface area contributed by atoms with Crippen LogP contribution in [0.5, 0.6) is 0 Å². The van der Waals surface area contributed by atoms with Crippen LogP contribution in [0, 0.1) is 5.82 Å². The van der Waals surface area contributed by atoms with Crippen LogP contribution in [-0.4, -0.2) is 20.9 Å². The standard InChI is InChI=1S/C9H7FN2O2/c10-7-3-1-2-6-4-11-12(9(6)7)5-8(13)14/h1-4H,5H2,(H,13,14). The molecule has 14 heavy (non-hydrogen) atoms. The minimum atomic E-state index is -1.04. The number of fused-ring (bicyclic) bond motifs is 1. The molecule has 0 saturated heterocycles. The number of para-hydroxylation sites is 1. The highest BCUT2D eigenvalue weighted by Crippen LogP contribution is 2.16. The highest BCUT2D eigenvalue weighted by atomic mass is 19.1. The number of aliphatic carboxylic acids is 1. The van der Waals surface area contributed by atoms with E-state index in [1.165, 1.54) is 12.3 Å². The van der Waals surface area contributed by atoms with Crippen molar-refractivity contribution in [2.75, 3.05) is 0 Å². The van der Waals surface area contributed by atoms with Crippen LogP contribution in [0.25, 0.3) is 10.9 Å². The van der Waals surface area contributed by atoms with E-state index in [0.717, 1.165) is 4.68 Å². The summed E-state index contributed by atoms with van der Waals surface area (Å²) in [5, 5.41) is 12.9. The van der Waals surface area contributed by atoms with Crippen LogP contribution in [0.2, 0.25) is 0 Å². The molecule has 0 spiro atoms. The molecule has 5 heteroatoms. The average Bonchev–Trinajstić information content (AvgIpc) is 2.49. The quantitative estimate of drug-likeness (QED) is 0.782. The molecular weight excluding hydrogens is 187 g/mol. The third-order valence-corrected chi connectivity index (χ3v) is 1.90. The van der Waals surface area contributed by atoms with E-state index in [4.69, 9.17) is 5.11 Å². The molecule has 0 aliphatic heterocycles. The predicted octanol–water partition coefficient (Wildman–Crippen LogP) is 1.26. The molecule has 0 saturated carbocycles. The van der Waals surface area contributed by atoms with Gasteiger partial charge in [-0.15, -0.1) is 0 Å². The van der Waals surface area contributed by atoms with Gasteiger partial charge < -0.3 is 5.11 Å². The van der Waals surface area contributed by atoms with Crippen LogP contribution >= 0.6 is 0 Å². The summed E-state index contributed by atoms with van der Waals surface area (Å²) < 4.78 is 14.4. The van der Waals surface area contributed by atoms with E-state index in [1.807, 2.05) is 0 Å². The Labute approximate surface area is 78.6 Å². The zero-order chi connectivity index (χ0) is 10.1. The van der Waals surface area contributed by atoms with E-state index in [1.54, 1.807) is 12.1 Å². The lowest BCUT2D eigenvalue weighted by Gasteiger charge is -1.99. The molecule has 1 aromatic heterocycles. The van der Waals surface area contributed by atoms with Gasteiger partial charge in [0.05, 0.1) is 6.20 Å². The molecule has 2 aromatic rings. The first kappa shape index (κ1) is 8.68. The summed E-state index contributed by atoms with van der Waals surface area (Å²) in [4.78, 5) is 10.4. The third kappa shape index (κ3) is 1.32. The third-order valence-electron chi connectivity index (χ3n) is 1.90. The minimum absolute atomic E-state index is 0.231. The van der Waals surface area contributed by atoms with Gasteiger partial charge >= 0.3 is 5.97 Å². The molecule has 0 bridgehead atoms. The fourth-order valence-corrected chi connectivity index (χ4v) is 1.35. The molecule has 1 N–H and O–H groups in total. The van der Waals surface area contributed by atoms with Crippen LogP contribution in [0.3, 0.4) is 0 Å². The Bertz CT molecular complexity index is 493. The molecule has 0 unspecified atom stereocenters. The second-order valence-electron chi connectivity index (χ2n) is 2.87. The van der Waals surface area contributed by atoms with Crippen molar-refractivity contribution in [1.29, 1.82) is 0 Å². The maximum absolute atomic E-state index is 13.3. The van der Waals surface area contributed by atoms with Crippen LogP contribution in [0.4, 0.5) is 4.39 Å². The van der Waals surface area contributed by atoms with Crippen LogP contribution in [0.15, 0.2) is 24.4 Å². The summed E-state index contributed by atoms with van der Waals surface area (Å²) in [6.45, 7) is -0.329. The van der Waals surface area contributed by atoms with Crippen molar-refractivity contribution < 1.29 is 14.3 Å². The first-order valence-corrected chi connectivity index (χ1v) is 4.00. The number of hydrogen-bond donors (Lipinski definition) is 1. The van der Waals surface area contributed by atoms with Crippen LogP contribution in [-0.2, 0) is 11.3 Å². The second-order valence-corrected chi connectivity index (χ2v) is 2.87. The number of aromatic nitrogens is 2. The van der Waals surface area contributed by atoms with Crippen molar-refractivity contribution in [1.82, 2.24) is 9.78 Å². The van der Waals surface area contributed by atoms with Gasteiger partial charge in [-0.2, -0.15) is 5.10 Å². The van der Waals surface area contributed by atoms with E-state index >= 15 is 0 Å². The lowest BCUT2D eigenvalue weighted by Crippen LogP contribution is -2.10. The van der Waals surface area contributed by atoms with E-state index in [0.29, 0.717) is 5.39 Å². The monoisotopic (exact) mass is 194 g/mol. The molecule has 0 fully saturated rings. The summed E-state index contributed by atoms with van der Waals surface area (Å²) in [7, 11) is 0. The van der Waals surface area contributed by atoms with Gasteiger partial charge in [0.25, 0.3) is 0 Å². The largest absolute Gasteiger partial charge is 0.480 e. The highest BCUT2D eigenvalue weighted by Gasteiger charge is 2.09. The summed E-state index contributed by atoms with van der Waals surface area (Å²) in [5.41, 5.74) is 0.231. The van der Waals surface area contributed by atoms with Gasteiger partial charge in [0, 0.05) is 5.39 Å². The SMILES string of the molecule is O=C(O)Cn1ncc2cccc(F)c21. The van der Waals surface area contributed by atoms with Gasteiger partial charge in [0.15, 0.2) is 0 Å². The lowest BCUT2D eigenvalue weighted by molar-refractivity contribution is -0.137. The van der Waals surface area contributed by atoms with Crippen molar-refractivity contribution in [3.05, 3.63) is 30.2 Å².